The lowest BCUT2D eigenvalue weighted by Crippen LogP contribution is -2.27. The summed E-state index contributed by atoms with van der Waals surface area (Å²) in [7, 11) is 0. The third kappa shape index (κ3) is 4.29. The molecule has 2 aromatic carbocycles. The minimum atomic E-state index is -0.340. The van der Waals surface area contributed by atoms with Crippen molar-refractivity contribution in [2.24, 2.45) is 5.73 Å². The number of anilines is 1. The van der Waals surface area contributed by atoms with E-state index in [4.69, 9.17) is 5.73 Å². The second-order valence-electron chi connectivity index (χ2n) is 6.80. The zero-order valence-corrected chi connectivity index (χ0v) is 15.1. The van der Waals surface area contributed by atoms with Crippen molar-refractivity contribution in [3.63, 3.8) is 0 Å². The summed E-state index contributed by atoms with van der Waals surface area (Å²) in [6.07, 6.45) is 2.35. The molecule has 0 radical (unpaired) electrons. The predicted molar refractivity (Wildman–Crippen MR) is 103 cm³/mol. The summed E-state index contributed by atoms with van der Waals surface area (Å²) in [4.78, 5) is 26.6. The summed E-state index contributed by atoms with van der Waals surface area (Å²) in [5.41, 5.74) is 9.30. The van der Waals surface area contributed by atoms with Crippen molar-refractivity contribution in [2.75, 3.05) is 18.4 Å². The lowest BCUT2D eigenvalue weighted by molar-refractivity contribution is -0.116. The Bertz CT molecular complexity index is 783. The molecule has 3 rings (SSSR count). The molecule has 136 valence electrons. The normalized spacial score (nSPS) is 14.9. The molecule has 3 N–H and O–H groups in total. The van der Waals surface area contributed by atoms with Crippen molar-refractivity contribution in [1.29, 1.82) is 0 Å². The molecule has 5 nitrogen and oxygen atoms in total. The van der Waals surface area contributed by atoms with E-state index in [9.17, 15) is 9.59 Å². The molecule has 1 atom stereocenters. The molecule has 1 saturated heterocycles. The van der Waals surface area contributed by atoms with Crippen LogP contribution in [0.5, 0.6) is 0 Å². The Labute approximate surface area is 154 Å². The smallest absolute Gasteiger partial charge is 0.253 e. The topological polar surface area (TPSA) is 75.4 Å². The van der Waals surface area contributed by atoms with Gasteiger partial charge in [-0.05, 0) is 49.1 Å². The molecule has 1 aliphatic heterocycles. The minimum Gasteiger partial charge on any atom is -0.339 e. The van der Waals surface area contributed by atoms with Crippen LogP contribution in [0.3, 0.4) is 0 Å². The Balaban J connectivity index is 1.62. The van der Waals surface area contributed by atoms with Gasteiger partial charge < -0.3 is 16.0 Å². The van der Waals surface area contributed by atoms with Gasteiger partial charge in [-0.1, -0.05) is 30.3 Å². The van der Waals surface area contributed by atoms with Gasteiger partial charge in [0, 0.05) is 36.8 Å². The number of aryl methyl sites for hydroxylation is 1. The molecule has 1 fully saturated rings. The molecule has 0 spiro atoms. The van der Waals surface area contributed by atoms with Gasteiger partial charge in [-0.25, -0.2) is 0 Å². The van der Waals surface area contributed by atoms with Gasteiger partial charge in [-0.2, -0.15) is 0 Å². The van der Waals surface area contributed by atoms with Crippen LogP contribution in [0.4, 0.5) is 5.69 Å². The molecule has 1 aliphatic rings. The van der Waals surface area contributed by atoms with Crippen LogP contribution in [0.25, 0.3) is 0 Å². The van der Waals surface area contributed by atoms with Crippen molar-refractivity contribution in [3.05, 3.63) is 65.2 Å². The van der Waals surface area contributed by atoms with Crippen molar-refractivity contribution in [2.45, 2.75) is 32.2 Å². The number of benzene rings is 2. The number of nitrogens with zero attached hydrogens (tertiary/aromatic N) is 1. The van der Waals surface area contributed by atoms with Crippen LogP contribution < -0.4 is 11.1 Å². The average Bonchev–Trinajstić information content (AvgIpc) is 3.18. The number of likely N-dealkylation sites (tertiary alicyclic amines) is 1. The molecular weight excluding hydrogens is 326 g/mol. The maximum Gasteiger partial charge on any atom is 0.253 e. The third-order valence-corrected chi connectivity index (χ3v) is 4.77. The lowest BCUT2D eigenvalue weighted by Gasteiger charge is -2.17. The number of nitrogens with one attached hydrogen (secondary N) is 1. The summed E-state index contributed by atoms with van der Waals surface area (Å²) in [6.45, 7) is 3.55. The summed E-state index contributed by atoms with van der Waals surface area (Å²) in [6, 6.07) is 14.7. The van der Waals surface area contributed by atoms with Crippen molar-refractivity contribution < 1.29 is 9.59 Å². The average molecular weight is 351 g/mol. The number of rotatable bonds is 5. The molecule has 2 amide bonds. The Kier molecular flexibility index (Phi) is 5.68. The fraction of sp³-hybridized carbons (Fsp3) is 0.333. The Morgan fingerprint density at radius 3 is 2.46 bits per heavy atom. The van der Waals surface area contributed by atoms with Gasteiger partial charge in [-0.15, -0.1) is 0 Å². The first-order valence-electron chi connectivity index (χ1n) is 9.05. The summed E-state index contributed by atoms with van der Waals surface area (Å²) in [5, 5.41) is 2.90. The van der Waals surface area contributed by atoms with Crippen LogP contribution in [-0.4, -0.2) is 29.8 Å². The number of carbonyl (C=O) groups is 2. The lowest BCUT2D eigenvalue weighted by atomic mass is 10.0. The third-order valence-electron chi connectivity index (χ3n) is 4.77. The fourth-order valence-corrected chi connectivity index (χ4v) is 3.26. The molecule has 1 heterocycles. The second kappa shape index (κ2) is 8.15. The fourth-order valence-electron chi connectivity index (χ4n) is 3.26. The standard InChI is InChI=1S/C21H25N3O2/c1-15-13-17(21(26)24-11-5-6-12-24)9-10-19(15)23-20(25)14-18(22)16-7-3-2-4-8-16/h2-4,7-10,13,18H,5-6,11-12,14,22H2,1H3,(H,23,25). The van der Waals surface area contributed by atoms with Crippen molar-refractivity contribution >= 4 is 17.5 Å². The highest BCUT2D eigenvalue weighted by Crippen LogP contribution is 2.21. The molecule has 2 aromatic rings. The summed E-state index contributed by atoms with van der Waals surface area (Å²) in [5.74, 6) is -0.0716. The van der Waals surface area contributed by atoms with Gasteiger partial charge in [0.05, 0.1) is 0 Å². The first-order valence-corrected chi connectivity index (χ1v) is 9.05. The first kappa shape index (κ1) is 18.1. The number of hydrogen-bond donors (Lipinski definition) is 2. The maximum atomic E-state index is 12.5. The summed E-state index contributed by atoms with van der Waals surface area (Å²) >= 11 is 0. The molecule has 1 unspecified atom stereocenters. The van der Waals surface area contributed by atoms with E-state index in [2.05, 4.69) is 5.32 Å². The van der Waals surface area contributed by atoms with E-state index in [0.29, 0.717) is 11.3 Å². The predicted octanol–water partition coefficient (Wildman–Crippen LogP) is 3.26. The molecule has 26 heavy (non-hydrogen) atoms. The highest BCUT2D eigenvalue weighted by molar-refractivity contribution is 5.96. The SMILES string of the molecule is Cc1cc(C(=O)N2CCCC2)ccc1NC(=O)CC(N)c1ccccc1. The monoisotopic (exact) mass is 351 g/mol. The number of nitrogens with two attached hydrogens (primary N) is 1. The molecule has 5 heteroatoms. The van der Waals surface area contributed by atoms with E-state index in [1.807, 2.05) is 48.2 Å². The van der Waals surface area contributed by atoms with E-state index in [1.165, 1.54) is 0 Å². The number of hydrogen-bond acceptors (Lipinski definition) is 3. The van der Waals surface area contributed by atoms with Gasteiger partial charge in [0.15, 0.2) is 0 Å². The minimum absolute atomic E-state index is 0.0644. The number of amides is 2. The van der Waals surface area contributed by atoms with Gasteiger partial charge >= 0.3 is 0 Å². The van der Waals surface area contributed by atoms with Gasteiger partial charge in [0.2, 0.25) is 5.91 Å². The number of carbonyl (C=O) groups excluding carboxylic acids is 2. The Morgan fingerprint density at radius 1 is 1.12 bits per heavy atom. The van der Waals surface area contributed by atoms with Crippen LogP contribution in [0.1, 0.15) is 46.8 Å². The molecule has 0 saturated carbocycles. The van der Waals surface area contributed by atoms with Crippen LogP contribution >= 0.6 is 0 Å². The zero-order chi connectivity index (χ0) is 18.5. The van der Waals surface area contributed by atoms with Crippen LogP contribution in [0, 0.1) is 6.92 Å². The highest BCUT2D eigenvalue weighted by atomic mass is 16.2. The van der Waals surface area contributed by atoms with Crippen LogP contribution in [-0.2, 0) is 4.79 Å². The molecular formula is C21H25N3O2. The van der Waals surface area contributed by atoms with Gasteiger partial charge in [0.25, 0.3) is 5.91 Å². The van der Waals surface area contributed by atoms with Gasteiger partial charge in [-0.3, -0.25) is 9.59 Å². The first-order chi connectivity index (χ1) is 12.5. The second-order valence-corrected chi connectivity index (χ2v) is 6.80. The molecule has 0 bridgehead atoms. The largest absolute Gasteiger partial charge is 0.339 e. The Hall–Kier alpha value is -2.66. The van der Waals surface area contributed by atoms with Crippen LogP contribution in [0.15, 0.2) is 48.5 Å². The Morgan fingerprint density at radius 2 is 1.81 bits per heavy atom. The van der Waals surface area contributed by atoms with E-state index < -0.39 is 0 Å². The van der Waals surface area contributed by atoms with E-state index in [-0.39, 0.29) is 24.3 Å². The maximum absolute atomic E-state index is 12.5. The van der Waals surface area contributed by atoms with Crippen molar-refractivity contribution in [1.82, 2.24) is 4.90 Å². The van der Waals surface area contributed by atoms with Crippen LogP contribution in [0.2, 0.25) is 0 Å². The molecule has 0 aliphatic carbocycles. The van der Waals surface area contributed by atoms with E-state index in [0.717, 1.165) is 37.1 Å². The zero-order valence-electron chi connectivity index (χ0n) is 15.1. The van der Waals surface area contributed by atoms with E-state index >= 15 is 0 Å². The van der Waals surface area contributed by atoms with Gasteiger partial charge in [0.1, 0.15) is 0 Å². The molecule has 0 aromatic heterocycles. The quantitative estimate of drug-likeness (QED) is 0.868. The van der Waals surface area contributed by atoms with Crippen molar-refractivity contribution in [3.8, 4) is 0 Å². The van der Waals surface area contributed by atoms with E-state index in [1.54, 1.807) is 12.1 Å². The highest BCUT2D eigenvalue weighted by Gasteiger charge is 2.20. The summed E-state index contributed by atoms with van der Waals surface area (Å²) < 4.78 is 0.